The number of carboxylic acids is 1. The van der Waals surface area contributed by atoms with Crippen LogP contribution in [0, 0.1) is 6.92 Å². The fraction of sp³-hybridized carbons (Fsp3) is 0.125. The number of thiophene rings is 1. The molecule has 0 aliphatic carbocycles. The Bertz CT molecular complexity index is 1040. The molecule has 1 aromatic carbocycles. The van der Waals surface area contributed by atoms with Crippen molar-refractivity contribution in [3.63, 3.8) is 0 Å². The van der Waals surface area contributed by atoms with Gasteiger partial charge in [-0.3, -0.25) is 9.59 Å². The summed E-state index contributed by atoms with van der Waals surface area (Å²) in [7, 11) is 0. The first-order valence-electron chi connectivity index (χ1n) is 7.15. The van der Waals surface area contributed by atoms with Crippen molar-refractivity contribution in [3.05, 3.63) is 56.2 Å². The number of rotatable bonds is 5. The number of primary amides is 1. The Balaban J connectivity index is 1.85. The molecule has 7 nitrogen and oxygen atoms in total. The number of benzene rings is 1. The lowest BCUT2D eigenvalue weighted by atomic mass is 10.1. The van der Waals surface area contributed by atoms with Crippen LogP contribution in [-0.2, 0) is 5.75 Å². The third-order valence-corrected chi connectivity index (χ3v) is 5.72. The number of carbonyl (C=O) groups is 2. The lowest BCUT2D eigenvalue weighted by Gasteiger charge is -2.02. The van der Waals surface area contributed by atoms with E-state index >= 15 is 0 Å². The summed E-state index contributed by atoms with van der Waals surface area (Å²) in [5.41, 5.74) is 6.67. The largest absolute Gasteiger partial charge is 0.478 e. The van der Waals surface area contributed by atoms with Crippen LogP contribution in [0.4, 0.5) is 0 Å². The van der Waals surface area contributed by atoms with Crippen LogP contribution in [-0.4, -0.2) is 27.0 Å². The first kappa shape index (κ1) is 17.2. The van der Waals surface area contributed by atoms with Crippen LogP contribution in [0.25, 0.3) is 10.2 Å². The van der Waals surface area contributed by atoms with Crippen molar-refractivity contribution in [2.24, 2.45) is 5.73 Å². The number of hydrogen-bond donors (Lipinski definition) is 3. The Labute approximate surface area is 149 Å². The normalized spacial score (nSPS) is 10.9. The van der Waals surface area contributed by atoms with Gasteiger partial charge in [-0.1, -0.05) is 23.9 Å². The summed E-state index contributed by atoms with van der Waals surface area (Å²) in [6, 6.07) is 6.49. The lowest BCUT2D eigenvalue weighted by Crippen LogP contribution is -2.11. The van der Waals surface area contributed by atoms with Crippen molar-refractivity contribution in [1.29, 1.82) is 0 Å². The van der Waals surface area contributed by atoms with E-state index in [2.05, 4.69) is 9.97 Å². The van der Waals surface area contributed by atoms with Crippen LogP contribution >= 0.6 is 23.1 Å². The number of thioether (sulfide) groups is 1. The number of nitrogens with zero attached hydrogens (tertiary/aromatic N) is 1. The predicted octanol–water partition coefficient (Wildman–Crippen LogP) is 2.38. The smallest absolute Gasteiger partial charge is 0.335 e. The summed E-state index contributed by atoms with van der Waals surface area (Å²) in [4.78, 5) is 42.4. The molecular weight excluding hydrogens is 362 g/mol. The number of carboxylic acid groups (broad SMARTS) is 1. The van der Waals surface area contributed by atoms with Gasteiger partial charge in [0.05, 0.1) is 15.8 Å². The van der Waals surface area contributed by atoms with Crippen LogP contribution in [0.5, 0.6) is 0 Å². The van der Waals surface area contributed by atoms with E-state index in [9.17, 15) is 14.4 Å². The quantitative estimate of drug-likeness (QED) is 0.464. The van der Waals surface area contributed by atoms with Gasteiger partial charge < -0.3 is 15.8 Å². The van der Waals surface area contributed by atoms with Gasteiger partial charge in [0, 0.05) is 5.75 Å². The van der Waals surface area contributed by atoms with Crippen LogP contribution in [0.1, 0.15) is 31.2 Å². The summed E-state index contributed by atoms with van der Waals surface area (Å²) < 4.78 is 0. The number of aromatic nitrogens is 2. The van der Waals surface area contributed by atoms with Gasteiger partial charge in [0.1, 0.15) is 4.83 Å². The molecule has 2 aromatic heterocycles. The number of aromatic carboxylic acids is 1. The molecule has 0 unspecified atom stereocenters. The van der Waals surface area contributed by atoms with Crippen molar-refractivity contribution >= 4 is 45.2 Å². The molecule has 0 atom stereocenters. The molecule has 0 bridgehead atoms. The van der Waals surface area contributed by atoms with Crippen molar-refractivity contribution in [2.45, 2.75) is 17.8 Å². The summed E-state index contributed by atoms with van der Waals surface area (Å²) >= 11 is 2.42. The minimum Gasteiger partial charge on any atom is -0.478 e. The fourth-order valence-corrected chi connectivity index (χ4v) is 4.23. The minimum atomic E-state index is -0.978. The molecule has 128 valence electrons. The van der Waals surface area contributed by atoms with Gasteiger partial charge in [-0.15, -0.1) is 11.3 Å². The second-order valence-corrected chi connectivity index (χ2v) is 7.23. The van der Waals surface area contributed by atoms with E-state index in [1.165, 1.54) is 23.9 Å². The minimum absolute atomic E-state index is 0.217. The summed E-state index contributed by atoms with van der Waals surface area (Å²) in [6.45, 7) is 1.67. The average Bonchev–Trinajstić information content (AvgIpc) is 2.91. The Kier molecular flexibility index (Phi) is 4.60. The topological polar surface area (TPSA) is 126 Å². The number of fused-ring (bicyclic) bond motifs is 1. The third-order valence-electron chi connectivity index (χ3n) is 3.58. The molecule has 4 N–H and O–H groups in total. The maximum Gasteiger partial charge on any atom is 0.335 e. The van der Waals surface area contributed by atoms with Gasteiger partial charge in [0.25, 0.3) is 11.5 Å². The maximum absolute atomic E-state index is 12.3. The highest BCUT2D eigenvalue weighted by Gasteiger charge is 2.17. The molecular formula is C16H13N3O4S2. The monoisotopic (exact) mass is 375 g/mol. The van der Waals surface area contributed by atoms with Crippen LogP contribution in [0.2, 0.25) is 0 Å². The summed E-state index contributed by atoms with van der Waals surface area (Å²) in [6.07, 6.45) is 0. The number of carbonyl (C=O) groups excluding carboxylic acids is 1. The first-order chi connectivity index (χ1) is 11.9. The van der Waals surface area contributed by atoms with E-state index in [4.69, 9.17) is 10.8 Å². The number of aromatic amines is 1. The Morgan fingerprint density at radius 1 is 1.32 bits per heavy atom. The fourth-order valence-electron chi connectivity index (χ4n) is 2.32. The highest BCUT2D eigenvalue weighted by Crippen LogP contribution is 2.28. The predicted molar refractivity (Wildman–Crippen MR) is 96.5 cm³/mol. The summed E-state index contributed by atoms with van der Waals surface area (Å²) in [5.74, 6) is -1.04. The molecule has 0 spiro atoms. The number of aryl methyl sites for hydroxylation is 1. The van der Waals surface area contributed by atoms with Gasteiger partial charge in [-0.2, -0.15) is 0 Å². The molecule has 0 aliphatic rings. The maximum atomic E-state index is 12.3. The van der Waals surface area contributed by atoms with Gasteiger partial charge >= 0.3 is 5.97 Å². The zero-order valence-corrected chi connectivity index (χ0v) is 14.7. The number of nitrogens with two attached hydrogens (primary N) is 1. The third kappa shape index (κ3) is 3.42. The summed E-state index contributed by atoms with van der Waals surface area (Å²) in [5, 5.41) is 9.70. The molecule has 0 saturated carbocycles. The number of amides is 1. The molecule has 25 heavy (non-hydrogen) atoms. The molecule has 2 heterocycles. The van der Waals surface area contributed by atoms with E-state index in [0.717, 1.165) is 16.9 Å². The lowest BCUT2D eigenvalue weighted by molar-refractivity contribution is 0.0696. The van der Waals surface area contributed by atoms with Gasteiger partial charge in [-0.25, -0.2) is 9.78 Å². The Hall–Kier alpha value is -2.65. The van der Waals surface area contributed by atoms with E-state index in [0.29, 0.717) is 31.6 Å². The highest BCUT2D eigenvalue weighted by atomic mass is 32.2. The molecule has 0 fully saturated rings. The molecule has 3 aromatic rings. The molecule has 0 aliphatic heterocycles. The van der Waals surface area contributed by atoms with E-state index < -0.39 is 11.9 Å². The van der Waals surface area contributed by atoms with Crippen molar-refractivity contribution in [3.8, 4) is 0 Å². The highest BCUT2D eigenvalue weighted by molar-refractivity contribution is 7.98. The van der Waals surface area contributed by atoms with Crippen LogP contribution in [0.3, 0.4) is 0 Å². The second-order valence-electron chi connectivity index (χ2n) is 5.26. The van der Waals surface area contributed by atoms with E-state index in [1.807, 2.05) is 0 Å². The first-order valence-corrected chi connectivity index (χ1v) is 8.95. The number of H-pyrrole nitrogens is 1. The van der Waals surface area contributed by atoms with Gasteiger partial charge in [0.2, 0.25) is 0 Å². The number of nitrogens with one attached hydrogen (secondary N) is 1. The molecule has 0 radical (unpaired) electrons. The van der Waals surface area contributed by atoms with Crippen LogP contribution < -0.4 is 11.3 Å². The zero-order chi connectivity index (χ0) is 18.1. The Morgan fingerprint density at radius 2 is 2.00 bits per heavy atom. The van der Waals surface area contributed by atoms with Gasteiger partial charge in [-0.05, 0) is 30.2 Å². The van der Waals surface area contributed by atoms with Crippen molar-refractivity contribution in [1.82, 2.24) is 9.97 Å². The van der Waals surface area contributed by atoms with Crippen molar-refractivity contribution in [2.75, 3.05) is 0 Å². The second kappa shape index (κ2) is 6.69. The zero-order valence-electron chi connectivity index (χ0n) is 13.0. The van der Waals surface area contributed by atoms with E-state index in [-0.39, 0.29) is 11.1 Å². The molecule has 3 rings (SSSR count). The van der Waals surface area contributed by atoms with Crippen LogP contribution in [0.15, 0.2) is 34.2 Å². The van der Waals surface area contributed by atoms with E-state index in [1.54, 1.807) is 19.1 Å². The average molecular weight is 375 g/mol. The molecule has 1 amide bonds. The SMILES string of the molecule is Cc1c(C(N)=O)sc2nc(SCc3ccc(C(=O)O)cc3)[nH]c(=O)c12. The molecule has 0 saturated heterocycles. The van der Waals surface area contributed by atoms with Gasteiger partial charge in [0.15, 0.2) is 5.16 Å². The molecule has 9 heteroatoms. The Morgan fingerprint density at radius 3 is 2.60 bits per heavy atom. The number of hydrogen-bond acceptors (Lipinski definition) is 6. The standard InChI is InChI=1S/C16H13N3O4S2/c1-7-10-13(21)18-16(19-14(10)25-11(7)12(17)20)24-6-8-2-4-9(5-3-8)15(22)23/h2-5H,6H2,1H3,(H2,17,20)(H,22,23)(H,18,19,21). The van der Waals surface area contributed by atoms with Crippen molar-refractivity contribution < 1.29 is 14.7 Å².